The Balaban J connectivity index is 0.00000169. The van der Waals surface area contributed by atoms with Crippen molar-refractivity contribution in [3.8, 4) is 22.6 Å². The second-order valence-corrected chi connectivity index (χ2v) is 6.56. The van der Waals surface area contributed by atoms with Gasteiger partial charge in [-0.3, -0.25) is 0 Å². The normalized spacial score (nSPS) is 17.3. The van der Waals surface area contributed by atoms with Crippen molar-refractivity contribution < 1.29 is 9.84 Å². The molecule has 1 heterocycles. The Bertz CT molecular complexity index is 800. The number of phenolic OH excluding ortho intramolecular Hbond substituents is 1. The highest BCUT2D eigenvalue weighted by Gasteiger charge is 2.31. The van der Waals surface area contributed by atoms with Gasteiger partial charge in [-0.15, -0.1) is 12.4 Å². The van der Waals surface area contributed by atoms with Crippen LogP contribution in [-0.4, -0.2) is 18.3 Å². The van der Waals surface area contributed by atoms with E-state index in [1.165, 1.54) is 16.7 Å². The van der Waals surface area contributed by atoms with E-state index in [9.17, 15) is 5.11 Å². The summed E-state index contributed by atoms with van der Waals surface area (Å²) in [5, 5.41) is 13.8. The minimum absolute atomic E-state index is 0. The number of halogens is 1. The Labute approximate surface area is 148 Å². The Kier molecular flexibility index (Phi) is 4.57. The van der Waals surface area contributed by atoms with E-state index >= 15 is 0 Å². The van der Waals surface area contributed by atoms with Crippen LogP contribution in [0.3, 0.4) is 0 Å². The summed E-state index contributed by atoms with van der Waals surface area (Å²) in [5.74, 6) is 1.21. The summed E-state index contributed by atoms with van der Waals surface area (Å²) < 4.78 is 5.99. The Morgan fingerprint density at radius 3 is 2.96 bits per heavy atom. The molecular weight excluding hydrogens is 322 g/mol. The summed E-state index contributed by atoms with van der Waals surface area (Å²) in [6.07, 6.45) is 1.92. The van der Waals surface area contributed by atoms with Gasteiger partial charge in [0.25, 0.3) is 0 Å². The lowest BCUT2D eigenvalue weighted by Gasteiger charge is -2.35. The zero-order valence-electron chi connectivity index (χ0n) is 13.8. The van der Waals surface area contributed by atoms with E-state index in [0.717, 1.165) is 41.8 Å². The second-order valence-electron chi connectivity index (χ2n) is 6.56. The lowest BCUT2D eigenvalue weighted by atomic mass is 9.77. The molecule has 126 valence electrons. The van der Waals surface area contributed by atoms with Crippen LogP contribution in [-0.2, 0) is 12.8 Å². The van der Waals surface area contributed by atoms with Gasteiger partial charge in [-0.25, -0.2) is 0 Å². The number of hydrogen-bond acceptors (Lipinski definition) is 3. The molecule has 1 unspecified atom stereocenters. The third-order valence-corrected chi connectivity index (χ3v) is 4.66. The van der Waals surface area contributed by atoms with Crippen molar-refractivity contribution in [3.63, 3.8) is 0 Å². The minimum Gasteiger partial charge on any atom is -0.508 e. The first-order valence-electron chi connectivity index (χ1n) is 8.12. The highest BCUT2D eigenvalue weighted by atomic mass is 35.5. The van der Waals surface area contributed by atoms with Crippen LogP contribution in [0.5, 0.6) is 11.5 Å². The Hall–Kier alpha value is -1.97. The smallest absolute Gasteiger partial charge is 0.127 e. The van der Waals surface area contributed by atoms with Crippen LogP contribution >= 0.6 is 12.4 Å². The van der Waals surface area contributed by atoms with Gasteiger partial charge in [-0.2, -0.15) is 0 Å². The van der Waals surface area contributed by atoms with Crippen molar-refractivity contribution >= 4 is 12.4 Å². The van der Waals surface area contributed by atoms with Crippen LogP contribution in [0.4, 0.5) is 0 Å². The fourth-order valence-electron chi connectivity index (χ4n) is 3.77. The fourth-order valence-corrected chi connectivity index (χ4v) is 3.77. The van der Waals surface area contributed by atoms with Gasteiger partial charge in [0.1, 0.15) is 18.1 Å². The number of fused-ring (bicyclic) bond motifs is 2. The molecule has 0 amide bonds. The van der Waals surface area contributed by atoms with Gasteiger partial charge in [0.2, 0.25) is 0 Å². The summed E-state index contributed by atoms with van der Waals surface area (Å²) in [6, 6.07) is 10.3. The lowest BCUT2D eigenvalue weighted by molar-refractivity contribution is 0.353. The minimum atomic E-state index is 0. The third kappa shape index (κ3) is 2.79. The number of hydrogen-bond donors (Lipinski definition) is 2. The average Bonchev–Trinajstić information content (AvgIpc) is 2.52. The molecule has 0 saturated heterocycles. The molecule has 2 aliphatic rings. The van der Waals surface area contributed by atoms with Crippen LogP contribution in [0.25, 0.3) is 11.1 Å². The average molecular weight is 344 g/mol. The predicted molar refractivity (Wildman–Crippen MR) is 99.3 cm³/mol. The molecule has 1 aliphatic carbocycles. The molecule has 0 spiro atoms. The van der Waals surface area contributed by atoms with Crippen molar-refractivity contribution in [1.82, 2.24) is 5.32 Å². The lowest BCUT2D eigenvalue weighted by Crippen LogP contribution is -2.33. The molecule has 24 heavy (non-hydrogen) atoms. The van der Waals surface area contributed by atoms with Gasteiger partial charge in [0.05, 0.1) is 0 Å². The SMILES string of the molecule is C=C(C)COc1cccc2c1-c1cc(O)cc3c1C(C2)NCC3.Cl. The molecule has 2 N–H and O–H groups in total. The number of nitrogens with one attached hydrogen (secondary N) is 1. The van der Waals surface area contributed by atoms with Crippen LogP contribution < -0.4 is 10.1 Å². The summed E-state index contributed by atoms with van der Waals surface area (Å²) in [4.78, 5) is 0. The van der Waals surface area contributed by atoms with E-state index in [4.69, 9.17) is 4.74 Å². The van der Waals surface area contributed by atoms with Crippen LogP contribution in [0, 0.1) is 0 Å². The topological polar surface area (TPSA) is 41.5 Å². The molecule has 0 bridgehead atoms. The zero-order chi connectivity index (χ0) is 16.0. The van der Waals surface area contributed by atoms with Gasteiger partial charge < -0.3 is 15.2 Å². The quantitative estimate of drug-likeness (QED) is 0.821. The van der Waals surface area contributed by atoms with E-state index in [1.807, 2.05) is 31.2 Å². The molecule has 1 atom stereocenters. The molecule has 3 nitrogen and oxygen atoms in total. The van der Waals surface area contributed by atoms with Crippen LogP contribution in [0.15, 0.2) is 42.5 Å². The molecule has 4 rings (SSSR count). The Morgan fingerprint density at radius 2 is 2.17 bits per heavy atom. The monoisotopic (exact) mass is 343 g/mol. The first-order valence-corrected chi connectivity index (χ1v) is 8.12. The largest absolute Gasteiger partial charge is 0.508 e. The summed E-state index contributed by atoms with van der Waals surface area (Å²) in [6.45, 7) is 7.35. The summed E-state index contributed by atoms with van der Waals surface area (Å²) in [5.41, 5.74) is 7.08. The van der Waals surface area contributed by atoms with E-state index in [-0.39, 0.29) is 12.4 Å². The molecule has 0 fully saturated rings. The van der Waals surface area contributed by atoms with E-state index in [0.29, 0.717) is 18.4 Å². The first-order chi connectivity index (χ1) is 11.1. The van der Waals surface area contributed by atoms with Gasteiger partial charge in [0, 0.05) is 11.6 Å². The first kappa shape index (κ1) is 16.9. The standard InChI is InChI=1S/C20H21NO2.ClH/c1-12(2)11-23-18-5-3-4-13-9-17-19-14(6-7-21-17)8-15(22)10-16(19)20(13)18;/h3-5,8,10,17,21-22H,1,6-7,9,11H2,2H3;1H. The molecular formula is C20H22ClNO2. The summed E-state index contributed by atoms with van der Waals surface area (Å²) in [7, 11) is 0. The second kappa shape index (κ2) is 6.50. The van der Waals surface area contributed by atoms with E-state index in [2.05, 4.69) is 18.0 Å². The number of phenols is 1. The fraction of sp³-hybridized carbons (Fsp3) is 0.300. The van der Waals surface area contributed by atoms with Crippen LogP contribution in [0.2, 0.25) is 0 Å². The van der Waals surface area contributed by atoms with Crippen molar-refractivity contribution in [2.45, 2.75) is 25.8 Å². The molecule has 4 heteroatoms. The number of benzene rings is 2. The van der Waals surface area contributed by atoms with Crippen molar-refractivity contribution in [2.75, 3.05) is 13.2 Å². The van der Waals surface area contributed by atoms with E-state index in [1.54, 1.807) is 0 Å². The maximum absolute atomic E-state index is 10.2. The van der Waals surface area contributed by atoms with Gasteiger partial charge in [-0.1, -0.05) is 18.7 Å². The molecule has 2 aromatic carbocycles. The van der Waals surface area contributed by atoms with Crippen molar-refractivity contribution in [3.05, 3.63) is 59.2 Å². The van der Waals surface area contributed by atoms with Crippen molar-refractivity contribution in [2.24, 2.45) is 0 Å². The third-order valence-electron chi connectivity index (χ3n) is 4.66. The predicted octanol–water partition coefficient (Wildman–Crippen LogP) is 4.18. The maximum Gasteiger partial charge on any atom is 0.127 e. The van der Waals surface area contributed by atoms with Crippen molar-refractivity contribution in [1.29, 1.82) is 0 Å². The highest BCUT2D eigenvalue weighted by Crippen LogP contribution is 2.47. The molecule has 1 aliphatic heterocycles. The number of rotatable bonds is 3. The molecule has 0 radical (unpaired) electrons. The highest BCUT2D eigenvalue weighted by molar-refractivity contribution is 5.85. The molecule has 0 aromatic heterocycles. The van der Waals surface area contributed by atoms with Crippen LogP contribution in [0.1, 0.15) is 29.7 Å². The molecule has 0 saturated carbocycles. The van der Waals surface area contributed by atoms with Gasteiger partial charge >= 0.3 is 0 Å². The maximum atomic E-state index is 10.2. The van der Waals surface area contributed by atoms with Gasteiger partial charge in [0.15, 0.2) is 0 Å². The summed E-state index contributed by atoms with van der Waals surface area (Å²) >= 11 is 0. The van der Waals surface area contributed by atoms with E-state index < -0.39 is 0 Å². The van der Waals surface area contributed by atoms with Gasteiger partial charge in [-0.05, 0) is 72.3 Å². The Morgan fingerprint density at radius 1 is 1.33 bits per heavy atom. The number of aromatic hydroxyl groups is 1. The molecule has 2 aromatic rings. The number of ether oxygens (including phenoxy) is 1. The zero-order valence-corrected chi connectivity index (χ0v) is 14.6.